The molecule has 1 aliphatic carbocycles. The minimum Gasteiger partial charge on any atom is -0.616 e. The van der Waals surface area contributed by atoms with Crippen LogP contribution >= 0.6 is 11.6 Å². The normalized spacial score (nSPS) is 25.1. The number of hydrogen-bond acceptors (Lipinski definition) is 4. The van der Waals surface area contributed by atoms with E-state index in [0.29, 0.717) is 5.56 Å². The van der Waals surface area contributed by atoms with Crippen molar-refractivity contribution >= 4 is 28.7 Å². The number of pyridine rings is 1. The standard InChI is InChI=1S/C19H19ClF2N2O3S/c1-28(27)11-18(26)6-7-19(22,14-3-2-8-23-16(14)18)17(25)24-10-12-4-5-13(21)9-15(12)20/h2-5,8-9,26H,6-7,10-11H2,1H3,(H,24,25)/t18-,19+,28?/m1/s1. The zero-order valence-corrected chi connectivity index (χ0v) is 16.6. The van der Waals surface area contributed by atoms with Gasteiger partial charge in [0.05, 0.1) is 11.9 Å². The van der Waals surface area contributed by atoms with Crippen molar-refractivity contribution in [2.75, 3.05) is 12.0 Å². The van der Waals surface area contributed by atoms with Crippen molar-refractivity contribution in [1.29, 1.82) is 0 Å². The van der Waals surface area contributed by atoms with Gasteiger partial charge in [-0.05, 0) is 36.6 Å². The Morgan fingerprint density at radius 1 is 1.43 bits per heavy atom. The molecule has 1 unspecified atom stereocenters. The first kappa shape index (κ1) is 21.0. The molecule has 0 aliphatic heterocycles. The number of carbonyl (C=O) groups excluding carboxylic acids is 1. The molecule has 3 rings (SSSR count). The van der Waals surface area contributed by atoms with Gasteiger partial charge >= 0.3 is 0 Å². The summed E-state index contributed by atoms with van der Waals surface area (Å²) in [5, 5.41) is 13.5. The van der Waals surface area contributed by atoms with Crippen LogP contribution in [0.3, 0.4) is 0 Å². The van der Waals surface area contributed by atoms with Gasteiger partial charge in [-0.1, -0.05) is 34.9 Å². The molecule has 1 aromatic heterocycles. The molecule has 5 nitrogen and oxygen atoms in total. The number of nitrogens with one attached hydrogen (secondary N) is 1. The number of fused-ring (bicyclic) bond motifs is 1. The molecular formula is C19H19ClF2N2O3S. The fraction of sp³-hybridized carbons (Fsp3) is 0.368. The van der Waals surface area contributed by atoms with Crippen LogP contribution < -0.4 is 5.32 Å². The second-order valence-corrected chi connectivity index (χ2v) is 8.71. The van der Waals surface area contributed by atoms with Crippen LogP contribution in [0.1, 0.15) is 29.7 Å². The number of rotatable bonds is 5. The lowest BCUT2D eigenvalue weighted by Crippen LogP contribution is -2.49. The molecule has 1 amide bonds. The van der Waals surface area contributed by atoms with E-state index in [4.69, 9.17) is 11.6 Å². The Morgan fingerprint density at radius 3 is 2.86 bits per heavy atom. The zero-order valence-electron chi connectivity index (χ0n) is 15.0. The van der Waals surface area contributed by atoms with Crippen molar-refractivity contribution in [2.24, 2.45) is 0 Å². The predicted molar refractivity (Wildman–Crippen MR) is 102 cm³/mol. The van der Waals surface area contributed by atoms with Gasteiger partial charge in [0.1, 0.15) is 11.6 Å². The molecule has 3 atom stereocenters. The summed E-state index contributed by atoms with van der Waals surface area (Å²) in [5.41, 5.74) is -3.55. The summed E-state index contributed by atoms with van der Waals surface area (Å²) in [6, 6.07) is 6.60. The summed E-state index contributed by atoms with van der Waals surface area (Å²) in [7, 11) is 0. The quantitative estimate of drug-likeness (QED) is 0.717. The minimum atomic E-state index is -2.41. The highest BCUT2D eigenvalue weighted by atomic mass is 35.5. The van der Waals surface area contributed by atoms with E-state index < -0.39 is 34.2 Å². The Hall–Kier alpha value is -1.74. The van der Waals surface area contributed by atoms with Crippen LogP contribution in [0.25, 0.3) is 0 Å². The second-order valence-electron chi connectivity index (χ2n) is 6.87. The monoisotopic (exact) mass is 428 g/mol. The molecule has 2 aromatic rings. The van der Waals surface area contributed by atoms with Crippen LogP contribution in [0.15, 0.2) is 36.5 Å². The third-order valence-corrected chi connectivity index (χ3v) is 6.05. The lowest BCUT2D eigenvalue weighted by atomic mass is 9.75. The Labute approximate surface area is 169 Å². The fourth-order valence-corrected chi connectivity index (χ4v) is 4.61. The van der Waals surface area contributed by atoms with E-state index in [0.717, 1.165) is 6.07 Å². The summed E-state index contributed by atoms with van der Waals surface area (Å²) in [4.78, 5) is 16.8. The van der Waals surface area contributed by atoms with Gasteiger partial charge in [-0.2, -0.15) is 0 Å². The van der Waals surface area contributed by atoms with Gasteiger partial charge in [0.2, 0.25) is 5.67 Å². The molecule has 1 aromatic carbocycles. The van der Waals surface area contributed by atoms with E-state index >= 15 is 4.39 Å². The minimum absolute atomic E-state index is 0.0221. The number of nitrogens with zero attached hydrogens (tertiary/aromatic N) is 1. The van der Waals surface area contributed by atoms with E-state index in [-0.39, 0.29) is 41.4 Å². The van der Waals surface area contributed by atoms with Gasteiger partial charge in [0.25, 0.3) is 5.91 Å². The molecule has 0 saturated heterocycles. The summed E-state index contributed by atoms with van der Waals surface area (Å²) < 4.78 is 40.6. The van der Waals surface area contributed by atoms with Crippen LogP contribution in [-0.4, -0.2) is 32.6 Å². The molecule has 9 heteroatoms. The smallest absolute Gasteiger partial charge is 0.262 e. The second kappa shape index (κ2) is 7.94. The van der Waals surface area contributed by atoms with Crippen LogP contribution in [0.2, 0.25) is 5.02 Å². The van der Waals surface area contributed by atoms with E-state index in [2.05, 4.69) is 10.3 Å². The summed E-state index contributed by atoms with van der Waals surface area (Å²) in [6.07, 6.45) is 2.45. The van der Waals surface area contributed by atoms with Gasteiger partial charge in [-0.15, -0.1) is 0 Å². The summed E-state index contributed by atoms with van der Waals surface area (Å²) in [5.74, 6) is -1.51. The van der Waals surface area contributed by atoms with E-state index in [1.54, 1.807) is 0 Å². The average molecular weight is 429 g/mol. The number of aliphatic hydroxyl groups is 1. The molecule has 0 radical (unpaired) electrons. The molecule has 0 spiro atoms. The third-order valence-electron chi connectivity index (χ3n) is 4.81. The van der Waals surface area contributed by atoms with Crippen LogP contribution in [0, 0.1) is 5.82 Å². The van der Waals surface area contributed by atoms with Crippen molar-refractivity contribution < 1.29 is 23.2 Å². The van der Waals surface area contributed by atoms with E-state index in [9.17, 15) is 18.8 Å². The lowest BCUT2D eigenvalue weighted by Gasteiger charge is -2.39. The number of halogens is 3. The van der Waals surface area contributed by atoms with Crippen molar-refractivity contribution in [3.63, 3.8) is 0 Å². The maximum atomic E-state index is 15.8. The molecule has 0 saturated carbocycles. The molecule has 150 valence electrons. The Kier molecular flexibility index (Phi) is 5.95. The van der Waals surface area contributed by atoms with E-state index in [1.807, 2.05) is 0 Å². The van der Waals surface area contributed by atoms with Crippen molar-refractivity contribution in [3.8, 4) is 0 Å². The first-order valence-electron chi connectivity index (χ1n) is 8.55. The maximum Gasteiger partial charge on any atom is 0.262 e. The van der Waals surface area contributed by atoms with Gasteiger partial charge in [0.15, 0.2) is 5.60 Å². The number of alkyl halides is 1. The van der Waals surface area contributed by atoms with Gasteiger partial charge < -0.3 is 15.0 Å². The van der Waals surface area contributed by atoms with Crippen molar-refractivity contribution in [3.05, 3.63) is 64.2 Å². The zero-order chi connectivity index (χ0) is 20.5. The number of aromatic nitrogens is 1. The molecule has 1 aliphatic rings. The largest absolute Gasteiger partial charge is 0.616 e. The molecule has 1 heterocycles. The highest BCUT2D eigenvalue weighted by Crippen LogP contribution is 2.45. The molecule has 0 bridgehead atoms. The van der Waals surface area contributed by atoms with Gasteiger partial charge in [0, 0.05) is 23.3 Å². The van der Waals surface area contributed by atoms with Crippen LogP contribution in [0.5, 0.6) is 0 Å². The van der Waals surface area contributed by atoms with Crippen molar-refractivity contribution in [1.82, 2.24) is 10.3 Å². The molecule has 0 fully saturated rings. The number of hydrogen-bond donors (Lipinski definition) is 2. The first-order valence-corrected chi connectivity index (χ1v) is 10.7. The number of benzene rings is 1. The highest BCUT2D eigenvalue weighted by Gasteiger charge is 2.53. The molecule has 28 heavy (non-hydrogen) atoms. The SMILES string of the molecule is C[S+]([O-])C[C@]1(O)CC[C@@](F)(C(=O)NCc2ccc(F)cc2Cl)c2cccnc21. The maximum absolute atomic E-state index is 15.8. The summed E-state index contributed by atoms with van der Waals surface area (Å²) >= 11 is 4.61. The molecule has 2 N–H and O–H groups in total. The first-order chi connectivity index (χ1) is 13.2. The summed E-state index contributed by atoms with van der Waals surface area (Å²) in [6.45, 7) is -0.0809. The van der Waals surface area contributed by atoms with Crippen molar-refractivity contribution in [2.45, 2.75) is 30.7 Å². The Bertz CT molecular complexity index is 901. The number of amides is 1. The highest BCUT2D eigenvalue weighted by molar-refractivity contribution is 7.90. The van der Waals surface area contributed by atoms with Gasteiger partial charge in [-0.3, -0.25) is 9.78 Å². The topological polar surface area (TPSA) is 85.3 Å². The Balaban J connectivity index is 1.86. The third kappa shape index (κ3) is 4.00. The number of carbonyl (C=O) groups is 1. The van der Waals surface area contributed by atoms with Gasteiger partial charge in [-0.25, -0.2) is 8.78 Å². The average Bonchev–Trinajstić information content (AvgIpc) is 2.64. The fourth-order valence-electron chi connectivity index (χ4n) is 3.42. The predicted octanol–water partition coefficient (Wildman–Crippen LogP) is 2.72. The lowest BCUT2D eigenvalue weighted by molar-refractivity contribution is -0.136. The Morgan fingerprint density at radius 2 is 2.18 bits per heavy atom. The van der Waals surface area contributed by atoms with Crippen LogP contribution in [-0.2, 0) is 33.8 Å². The molecular weight excluding hydrogens is 410 g/mol. The van der Waals surface area contributed by atoms with E-state index in [1.165, 1.54) is 36.7 Å². The van der Waals surface area contributed by atoms with Crippen LogP contribution in [0.4, 0.5) is 8.78 Å².